The molecule has 1 aliphatic heterocycles. The highest BCUT2D eigenvalue weighted by atomic mass is 15.3. The Morgan fingerprint density at radius 2 is 1.71 bits per heavy atom. The number of rotatable bonds is 3. The van der Waals surface area contributed by atoms with E-state index in [-0.39, 0.29) is 0 Å². The molecule has 4 nitrogen and oxygen atoms in total. The summed E-state index contributed by atoms with van der Waals surface area (Å²) >= 11 is 0. The van der Waals surface area contributed by atoms with Crippen LogP contribution in [0, 0.1) is 0 Å². The number of pyridine rings is 1. The van der Waals surface area contributed by atoms with Crippen LogP contribution in [0.2, 0.25) is 0 Å². The van der Waals surface area contributed by atoms with Gasteiger partial charge < -0.3 is 10.6 Å². The van der Waals surface area contributed by atoms with Gasteiger partial charge in [-0.25, -0.2) is 4.98 Å². The SMILES string of the molecule is CC(c1ccccc1)N1CCN(c2ccc(N)nc2)CC1. The van der Waals surface area contributed by atoms with Crippen molar-refractivity contribution in [2.45, 2.75) is 13.0 Å². The van der Waals surface area contributed by atoms with Gasteiger partial charge in [0.15, 0.2) is 0 Å². The number of piperazine rings is 1. The first kappa shape index (κ1) is 13.9. The van der Waals surface area contributed by atoms with E-state index in [0.29, 0.717) is 11.9 Å². The van der Waals surface area contributed by atoms with Crippen molar-refractivity contribution in [3.8, 4) is 0 Å². The van der Waals surface area contributed by atoms with Gasteiger partial charge in [0.1, 0.15) is 5.82 Å². The molecular weight excluding hydrogens is 260 g/mol. The number of nitrogens with zero attached hydrogens (tertiary/aromatic N) is 3. The molecule has 2 aromatic rings. The molecule has 1 aromatic heterocycles. The van der Waals surface area contributed by atoms with Crippen molar-refractivity contribution in [3.63, 3.8) is 0 Å². The molecule has 3 rings (SSSR count). The van der Waals surface area contributed by atoms with Crippen LogP contribution in [0.25, 0.3) is 0 Å². The van der Waals surface area contributed by atoms with Gasteiger partial charge in [0, 0.05) is 32.2 Å². The molecule has 0 spiro atoms. The molecule has 0 aliphatic carbocycles. The summed E-state index contributed by atoms with van der Waals surface area (Å²) < 4.78 is 0. The number of nitrogens with two attached hydrogens (primary N) is 1. The van der Waals surface area contributed by atoms with Crippen LogP contribution in [0.4, 0.5) is 11.5 Å². The summed E-state index contributed by atoms with van der Waals surface area (Å²) in [5, 5.41) is 0. The van der Waals surface area contributed by atoms with E-state index in [1.54, 1.807) is 0 Å². The summed E-state index contributed by atoms with van der Waals surface area (Å²) in [6.07, 6.45) is 1.87. The molecule has 0 radical (unpaired) electrons. The van der Waals surface area contributed by atoms with Crippen LogP contribution in [0.3, 0.4) is 0 Å². The molecule has 2 N–H and O–H groups in total. The van der Waals surface area contributed by atoms with Gasteiger partial charge in [0.05, 0.1) is 11.9 Å². The van der Waals surface area contributed by atoms with Crippen molar-refractivity contribution in [1.82, 2.24) is 9.88 Å². The summed E-state index contributed by atoms with van der Waals surface area (Å²) in [7, 11) is 0. The molecule has 0 bridgehead atoms. The van der Waals surface area contributed by atoms with Gasteiger partial charge in [-0.3, -0.25) is 4.90 Å². The van der Waals surface area contributed by atoms with E-state index in [0.717, 1.165) is 31.9 Å². The van der Waals surface area contributed by atoms with E-state index in [4.69, 9.17) is 5.73 Å². The second-order valence-electron chi connectivity index (χ2n) is 5.55. The van der Waals surface area contributed by atoms with Crippen LogP contribution in [0.1, 0.15) is 18.5 Å². The van der Waals surface area contributed by atoms with Gasteiger partial charge >= 0.3 is 0 Å². The maximum absolute atomic E-state index is 5.64. The standard InChI is InChI=1S/C17H22N4/c1-14(15-5-3-2-4-6-15)20-9-11-21(12-10-20)16-7-8-17(18)19-13-16/h2-8,13-14H,9-12H2,1H3,(H2,18,19). The molecule has 1 atom stereocenters. The molecular formula is C17H22N4. The van der Waals surface area contributed by atoms with Crippen LogP contribution < -0.4 is 10.6 Å². The van der Waals surface area contributed by atoms with Crippen LogP contribution in [-0.2, 0) is 0 Å². The number of hydrogen-bond acceptors (Lipinski definition) is 4. The van der Waals surface area contributed by atoms with Crippen LogP contribution in [-0.4, -0.2) is 36.1 Å². The fourth-order valence-corrected chi connectivity index (χ4v) is 2.89. The lowest BCUT2D eigenvalue weighted by Crippen LogP contribution is -2.47. The second-order valence-corrected chi connectivity index (χ2v) is 5.55. The molecule has 2 heterocycles. The zero-order valence-electron chi connectivity index (χ0n) is 12.4. The molecule has 110 valence electrons. The van der Waals surface area contributed by atoms with Crippen molar-refractivity contribution >= 4 is 11.5 Å². The molecule has 1 saturated heterocycles. The average Bonchev–Trinajstić information content (AvgIpc) is 2.56. The third-order valence-corrected chi connectivity index (χ3v) is 4.28. The Bertz CT molecular complexity index is 559. The lowest BCUT2D eigenvalue weighted by molar-refractivity contribution is 0.198. The molecule has 1 aliphatic rings. The zero-order valence-corrected chi connectivity index (χ0v) is 12.4. The molecule has 1 unspecified atom stereocenters. The maximum Gasteiger partial charge on any atom is 0.123 e. The Balaban J connectivity index is 1.61. The molecule has 0 amide bonds. The van der Waals surface area contributed by atoms with E-state index in [9.17, 15) is 0 Å². The highest BCUT2D eigenvalue weighted by Gasteiger charge is 2.22. The second kappa shape index (κ2) is 6.14. The number of hydrogen-bond donors (Lipinski definition) is 1. The van der Waals surface area contributed by atoms with Crippen molar-refractivity contribution in [2.24, 2.45) is 0 Å². The normalized spacial score (nSPS) is 17.7. The Hall–Kier alpha value is -2.07. The zero-order chi connectivity index (χ0) is 14.7. The van der Waals surface area contributed by atoms with Gasteiger partial charge in [-0.15, -0.1) is 0 Å². The van der Waals surface area contributed by atoms with Gasteiger partial charge in [-0.1, -0.05) is 30.3 Å². The number of nitrogen functional groups attached to an aromatic ring is 1. The highest BCUT2D eigenvalue weighted by Crippen LogP contribution is 2.23. The highest BCUT2D eigenvalue weighted by molar-refractivity contribution is 5.48. The quantitative estimate of drug-likeness (QED) is 0.939. The van der Waals surface area contributed by atoms with Crippen LogP contribution in [0.15, 0.2) is 48.7 Å². The Kier molecular flexibility index (Phi) is 4.06. The van der Waals surface area contributed by atoms with Crippen molar-refractivity contribution in [2.75, 3.05) is 36.8 Å². The monoisotopic (exact) mass is 282 g/mol. The lowest BCUT2D eigenvalue weighted by Gasteiger charge is -2.39. The summed E-state index contributed by atoms with van der Waals surface area (Å²) in [4.78, 5) is 9.09. The fourth-order valence-electron chi connectivity index (χ4n) is 2.89. The topological polar surface area (TPSA) is 45.4 Å². The van der Waals surface area contributed by atoms with E-state index >= 15 is 0 Å². The predicted molar refractivity (Wildman–Crippen MR) is 87.3 cm³/mol. The Labute approximate surface area is 126 Å². The smallest absolute Gasteiger partial charge is 0.123 e. The third-order valence-electron chi connectivity index (χ3n) is 4.28. The van der Waals surface area contributed by atoms with E-state index in [1.165, 1.54) is 5.56 Å². The van der Waals surface area contributed by atoms with Crippen molar-refractivity contribution in [1.29, 1.82) is 0 Å². The predicted octanol–water partition coefficient (Wildman–Crippen LogP) is 2.55. The van der Waals surface area contributed by atoms with Gasteiger partial charge in [-0.05, 0) is 24.6 Å². The number of benzene rings is 1. The average molecular weight is 282 g/mol. The van der Waals surface area contributed by atoms with E-state index in [2.05, 4.69) is 58.1 Å². The summed E-state index contributed by atoms with van der Waals surface area (Å²) in [6, 6.07) is 15.1. The van der Waals surface area contributed by atoms with Gasteiger partial charge in [-0.2, -0.15) is 0 Å². The van der Waals surface area contributed by atoms with E-state index < -0.39 is 0 Å². The fraction of sp³-hybridized carbons (Fsp3) is 0.353. The van der Waals surface area contributed by atoms with Gasteiger partial charge in [0.25, 0.3) is 0 Å². The molecule has 4 heteroatoms. The van der Waals surface area contributed by atoms with Crippen LogP contribution in [0.5, 0.6) is 0 Å². The van der Waals surface area contributed by atoms with E-state index in [1.807, 2.05) is 12.3 Å². The van der Waals surface area contributed by atoms with Crippen molar-refractivity contribution < 1.29 is 0 Å². The molecule has 1 aromatic carbocycles. The molecule has 0 saturated carbocycles. The van der Waals surface area contributed by atoms with Crippen LogP contribution >= 0.6 is 0 Å². The minimum Gasteiger partial charge on any atom is -0.384 e. The minimum absolute atomic E-state index is 0.470. The number of aromatic nitrogens is 1. The summed E-state index contributed by atoms with van der Waals surface area (Å²) in [5.74, 6) is 0.579. The summed E-state index contributed by atoms with van der Waals surface area (Å²) in [5.41, 5.74) is 8.20. The minimum atomic E-state index is 0.470. The third kappa shape index (κ3) is 3.16. The van der Waals surface area contributed by atoms with Crippen molar-refractivity contribution in [3.05, 3.63) is 54.2 Å². The first-order valence-corrected chi connectivity index (χ1v) is 7.49. The summed E-state index contributed by atoms with van der Waals surface area (Å²) in [6.45, 7) is 6.49. The maximum atomic E-state index is 5.64. The Morgan fingerprint density at radius 1 is 1.00 bits per heavy atom. The van der Waals surface area contributed by atoms with Gasteiger partial charge in [0.2, 0.25) is 0 Å². The first-order chi connectivity index (χ1) is 10.2. The number of anilines is 2. The lowest BCUT2D eigenvalue weighted by atomic mass is 10.1. The largest absolute Gasteiger partial charge is 0.384 e. The molecule has 1 fully saturated rings. The Morgan fingerprint density at radius 3 is 2.33 bits per heavy atom. The molecule has 21 heavy (non-hydrogen) atoms. The first-order valence-electron chi connectivity index (χ1n) is 7.49.